The van der Waals surface area contributed by atoms with Crippen LogP contribution in [0.1, 0.15) is 5.56 Å². The third-order valence-corrected chi connectivity index (χ3v) is 4.29. The summed E-state index contributed by atoms with van der Waals surface area (Å²) in [7, 11) is 0. The molecule has 0 aliphatic carbocycles. The van der Waals surface area contributed by atoms with Gasteiger partial charge in [0.25, 0.3) is 0 Å². The van der Waals surface area contributed by atoms with Crippen LogP contribution in [0.3, 0.4) is 0 Å². The normalized spacial score (nSPS) is 10.7. The van der Waals surface area contributed by atoms with Crippen LogP contribution in [0.2, 0.25) is 5.02 Å². The lowest BCUT2D eigenvalue weighted by Crippen LogP contribution is -1.99. The number of aryl methyl sites for hydroxylation is 1. The molecular weight excluding hydrogens is 346 g/mol. The first kappa shape index (κ1) is 16.3. The van der Waals surface area contributed by atoms with Crippen LogP contribution in [0.5, 0.6) is 0 Å². The number of aromatic nitrogens is 3. The molecule has 0 saturated carbocycles. The van der Waals surface area contributed by atoms with Crippen molar-refractivity contribution in [3.8, 4) is 0 Å². The Hall–Kier alpha value is -3.18. The topological polar surface area (TPSA) is 62.7 Å². The van der Waals surface area contributed by atoms with Crippen molar-refractivity contribution in [2.75, 3.05) is 10.6 Å². The molecule has 2 N–H and O–H groups in total. The molecule has 0 spiro atoms. The van der Waals surface area contributed by atoms with Crippen molar-refractivity contribution in [3.63, 3.8) is 0 Å². The smallest absolute Gasteiger partial charge is 0.227 e. The molecule has 0 bridgehead atoms. The number of anilines is 4. The second-order valence-corrected chi connectivity index (χ2v) is 6.27. The summed E-state index contributed by atoms with van der Waals surface area (Å²) in [5.74, 6) is 1.28. The van der Waals surface area contributed by atoms with E-state index in [1.54, 1.807) is 18.5 Å². The minimum absolute atomic E-state index is 0.569. The van der Waals surface area contributed by atoms with Crippen molar-refractivity contribution in [1.82, 2.24) is 15.0 Å². The Bertz CT molecular complexity index is 1070. The summed E-state index contributed by atoms with van der Waals surface area (Å²) < 4.78 is 0. The number of benzene rings is 2. The number of nitrogens with zero attached hydrogens (tertiary/aromatic N) is 3. The molecule has 26 heavy (non-hydrogen) atoms. The lowest BCUT2D eigenvalue weighted by atomic mass is 10.1. The molecule has 4 rings (SSSR count). The number of nitrogens with one attached hydrogen (secondary N) is 2. The molecule has 0 unspecified atom stereocenters. The van der Waals surface area contributed by atoms with Crippen molar-refractivity contribution >= 4 is 45.6 Å². The molecule has 128 valence electrons. The second kappa shape index (κ2) is 6.98. The third kappa shape index (κ3) is 3.43. The molecule has 5 nitrogen and oxygen atoms in total. The zero-order chi connectivity index (χ0) is 17.9. The Morgan fingerprint density at radius 1 is 0.885 bits per heavy atom. The van der Waals surface area contributed by atoms with Crippen LogP contribution < -0.4 is 10.6 Å². The van der Waals surface area contributed by atoms with Crippen molar-refractivity contribution in [3.05, 3.63) is 77.6 Å². The van der Waals surface area contributed by atoms with Gasteiger partial charge in [-0.3, -0.25) is 0 Å². The molecule has 2 aromatic carbocycles. The highest BCUT2D eigenvalue weighted by atomic mass is 35.5. The maximum absolute atomic E-state index is 6.37. The highest BCUT2D eigenvalue weighted by Gasteiger charge is 2.06. The Morgan fingerprint density at radius 2 is 1.69 bits per heavy atom. The van der Waals surface area contributed by atoms with Crippen LogP contribution in [-0.4, -0.2) is 15.0 Å². The van der Waals surface area contributed by atoms with Gasteiger partial charge in [0.05, 0.1) is 10.5 Å². The number of fused-ring (bicyclic) bond motifs is 1. The molecule has 2 heterocycles. The summed E-state index contributed by atoms with van der Waals surface area (Å²) in [6.45, 7) is 2.03. The quantitative estimate of drug-likeness (QED) is 0.504. The molecule has 0 fully saturated rings. The monoisotopic (exact) mass is 361 g/mol. The number of halogens is 1. The number of hydrogen-bond acceptors (Lipinski definition) is 5. The predicted octanol–water partition coefficient (Wildman–Crippen LogP) is 5.47. The van der Waals surface area contributed by atoms with E-state index in [1.165, 1.54) is 0 Å². The molecule has 0 atom stereocenters. The first-order valence-corrected chi connectivity index (χ1v) is 8.54. The summed E-state index contributed by atoms with van der Waals surface area (Å²) in [4.78, 5) is 13.0. The van der Waals surface area contributed by atoms with E-state index in [9.17, 15) is 0 Å². The van der Waals surface area contributed by atoms with E-state index in [1.807, 2.05) is 55.5 Å². The van der Waals surface area contributed by atoms with E-state index in [0.29, 0.717) is 16.8 Å². The molecule has 0 aliphatic rings. The van der Waals surface area contributed by atoms with Gasteiger partial charge < -0.3 is 10.6 Å². The second-order valence-electron chi connectivity index (χ2n) is 5.86. The highest BCUT2D eigenvalue weighted by Crippen LogP contribution is 2.28. The molecule has 4 aromatic rings. The van der Waals surface area contributed by atoms with Gasteiger partial charge in [0, 0.05) is 35.2 Å². The Balaban J connectivity index is 1.58. The summed E-state index contributed by atoms with van der Waals surface area (Å²) in [5, 5.41) is 8.14. The maximum atomic E-state index is 6.37. The van der Waals surface area contributed by atoms with E-state index >= 15 is 0 Å². The molecular formula is C20H16ClN5. The van der Waals surface area contributed by atoms with Gasteiger partial charge in [-0.15, -0.1) is 0 Å². The van der Waals surface area contributed by atoms with Gasteiger partial charge in [-0.1, -0.05) is 29.8 Å². The fourth-order valence-corrected chi connectivity index (χ4v) is 2.97. The van der Waals surface area contributed by atoms with Crippen LogP contribution in [0.4, 0.5) is 23.1 Å². The number of para-hydroxylation sites is 1. The fraction of sp³-hybridized carbons (Fsp3) is 0.0500. The van der Waals surface area contributed by atoms with Gasteiger partial charge in [-0.25, -0.2) is 15.0 Å². The van der Waals surface area contributed by atoms with Gasteiger partial charge in [-0.05, 0) is 42.8 Å². The Morgan fingerprint density at radius 3 is 2.50 bits per heavy atom. The first-order chi connectivity index (χ1) is 12.7. The number of rotatable bonds is 4. The van der Waals surface area contributed by atoms with E-state index in [-0.39, 0.29) is 0 Å². The summed E-state index contributed by atoms with van der Waals surface area (Å²) in [5.41, 5.74) is 3.81. The average molecular weight is 362 g/mol. The molecule has 0 radical (unpaired) electrons. The minimum atomic E-state index is 0.569. The largest absolute Gasteiger partial charge is 0.340 e. The molecule has 0 amide bonds. The lowest BCUT2D eigenvalue weighted by molar-refractivity contribution is 1.16. The van der Waals surface area contributed by atoms with Gasteiger partial charge in [0.2, 0.25) is 5.95 Å². The number of hydrogen-bond donors (Lipinski definition) is 2. The summed E-state index contributed by atoms with van der Waals surface area (Å²) >= 11 is 6.37. The van der Waals surface area contributed by atoms with Crippen molar-refractivity contribution in [1.29, 1.82) is 0 Å². The number of pyridine rings is 1. The standard InChI is InChI=1S/C20H16ClN5/c1-13-11-14(7-8-17(13)26-20-22-9-4-10-23-20)24-19-12-16(21)15-5-2-3-6-18(15)25-19/h2-12H,1H3,(H,24,25)(H,22,23,26). The SMILES string of the molecule is Cc1cc(Nc2cc(Cl)c3ccccc3n2)ccc1Nc1ncccn1. The molecule has 2 aromatic heterocycles. The predicted molar refractivity (Wildman–Crippen MR) is 107 cm³/mol. The van der Waals surface area contributed by atoms with Gasteiger partial charge in [-0.2, -0.15) is 0 Å². The molecule has 6 heteroatoms. The van der Waals surface area contributed by atoms with Crippen LogP contribution in [0, 0.1) is 6.92 Å². The average Bonchev–Trinajstić information content (AvgIpc) is 2.65. The van der Waals surface area contributed by atoms with E-state index < -0.39 is 0 Å². The lowest BCUT2D eigenvalue weighted by Gasteiger charge is -2.12. The zero-order valence-corrected chi connectivity index (χ0v) is 14.8. The van der Waals surface area contributed by atoms with Gasteiger partial charge in [0.1, 0.15) is 5.82 Å². The van der Waals surface area contributed by atoms with Gasteiger partial charge >= 0.3 is 0 Å². The maximum Gasteiger partial charge on any atom is 0.227 e. The molecule has 0 aliphatic heterocycles. The Labute approximate surface area is 156 Å². The van der Waals surface area contributed by atoms with E-state index in [2.05, 4.69) is 25.6 Å². The summed E-state index contributed by atoms with van der Waals surface area (Å²) in [6.07, 6.45) is 3.41. The van der Waals surface area contributed by atoms with Crippen molar-refractivity contribution in [2.45, 2.75) is 6.92 Å². The van der Waals surface area contributed by atoms with Crippen molar-refractivity contribution < 1.29 is 0 Å². The van der Waals surface area contributed by atoms with Crippen LogP contribution in [-0.2, 0) is 0 Å². The van der Waals surface area contributed by atoms with Crippen LogP contribution in [0.15, 0.2) is 67.0 Å². The Kier molecular flexibility index (Phi) is 4.37. The van der Waals surface area contributed by atoms with Crippen LogP contribution >= 0.6 is 11.6 Å². The first-order valence-electron chi connectivity index (χ1n) is 8.16. The van der Waals surface area contributed by atoms with Crippen LogP contribution in [0.25, 0.3) is 10.9 Å². The van der Waals surface area contributed by atoms with E-state index in [0.717, 1.165) is 27.8 Å². The van der Waals surface area contributed by atoms with E-state index in [4.69, 9.17) is 11.6 Å². The minimum Gasteiger partial charge on any atom is -0.340 e. The third-order valence-electron chi connectivity index (χ3n) is 3.98. The highest BCUT2D eigenvalue weighted by molar-refractivity contribution is 6.35. The van der Waals surface area contributed by atoms with Crippen molar-refractivity contribution in [2.24, 2.45) is 0 Å². The van der Waals surface area contributed by atoms with Gasteiger partial charge in [0.15, 0.2) is 0 Å². The fourth-order valence-electron chi connectivity index (χ4n) is 2.71. The molecule has 0 saturated heterocycles. The summed E-state index contributed by atoms with van der Waals surface area (Å²) in [6, 6.07) is 17.4. The zero-order valence-electron chi connectivity index (χ0n) is 14.1.